The molecule has 0 aromatic heterocycles. The summed E-state index contributed by atoms with van der Waals surface area (Å²) in [4.78, 5) is 17.1. The number of hydrogen-bond acceptors (Lipinski definition) is 2. The van der Waals surface area contributed by atoms with Gasteiger partial charge in [0.05, 0.1) is 0 Å². The number of likely N-dealkylation sites (tertiary alicyclic amines) is 1. The number of anilines is 1. The number of hydrogen-bond donors (Lipinski definition) is 1. The number of urea groups is 1. The zero-order chi connectivity index (χ0) is 19.7. The van der Waals surface area contributed by atoms with Gasteiger partial charge in [0.25, 0.3) is 0 Å². The summed E-state index contributed by atoms with van der Waals surface area (Å²) in [7, 11) is 0. The smallest absolute Gasteiger partial charge is 0.321 e. The number of carbonyl (C=O) groups is 1. The molecule has 1 fully saturated rings. The molecule has 0 aliphatic carbocycles. The average Bonchev–Trinajstić information content (AvgIpc) is 2.98. The SMILES string of the molecule is CCNC(=O)N1CC2(CCN(Cc3cccc(Cl)c3)CC2)c2cc(C)ccc21. The number of piperidine rings is 1. The molecule has 0 atom stereocenters. The number of benzene rings is 2. The normalized spacial score (nSPS) is 18.3. The minimum Gasteiger partial charge on any atom is -0.338 e. The highest BCUT2D eigenvalue weighted by Crippen LogP contribution is 2.47. The Morgan fingerprint density at radius 1 is 1.18 bits per heavy atom. The fourth-order valence-corrected chi connectivity index (χ4v) is 4.88. The first-order chi connectivity index (χ1) is 13.5. The Balaban J connectivity index is 1.53. The summed E-state index contributed by atoms with van der Waals surface area (Å²) < 4.78 is 0. The fraction of sp³-hybridized carbons (Fsp3) is 0.435. The van der Waals surface area contributed by atoms with Gasteiger partial charge in [0.2, 0.25) is 0 Å². The number of aryl methyl sites for hydroxylation is 1. The highest BCUT2D eigenvalue weighted by molar-refractivity contribution is 6.30. The summed E-state index contributed by atoms with van der Waals surface area (Å²) in [6.07, 6.45) is 2.14. The largest absolute Gasteiger partial charge is 0.338 e. The molecule has 28 heavy (non-hydrogen) atoms. The van der Waals surface area contributed by atoms with Gasteiger partial charge in [-0.05, 0) is 69.1 Å². The zero-order valence-electron chi connectivity index (χ0n) is 16.7. The van der Waals surface area contributed by atoms with Crippen LogP contribution in [-0.4, -0.2) is 37.1 Å². The zero-order valence-corrected chi connectivity index (χ0v) is 17.4. The van der Waals surface area contributed by atoms with Crippen molar-refractivity contribution in [2.45, 2.75) is 38.6 Å². The Bertz CT molecular complexity index is 874. The predicted octanol–water partition coefficient (Wildman–Crippen LogP) is 4.73. The van der Waals surface area contributed by atoms with Gasteiger partial charge in [-0.1, -0.05) is 41.4 Å². The second-order valence-corrected chi connectivity index (χ2v) is 8.57. The highest BCUT2D eigenvalue weighted by atomic mass is 35.5. The van der Waals surface area contributed by atoms with E-state index in [1.807, 2.05) is 24.0 Å². The van der Waals surface area contributed by atoms with Gasteiger partial charge in [-0.3, -0.25) is 9.80 Å². The number of amides is 2. The number of carbonyl (C=O) groups excluding carboxylic acids is 1. The molecule has 4 rings (SSSR count). The van der Waals surface area contributed by atoms with Crippen LogP contribution in [0.25, 0.3) is 0 Å². The topological polar surface area (TPSA) is 35.6 Å². The first kappa shape index (κ1) is 19.3. The van der Waals surface area contributed by atoms with Crippen molar-refractivity contribution in [2.75, 3.05) is 31.1 Å². The van der Waals surface area contributed by atoms with E-state index >= 15 is 0 Å². The molecule has 0 unspecified atom stereocenters. The van der Waals surface area contributed by atoms with Crippen LogP contribution in [0.1, 0.15) is 36.5 Å². The number of rotatable bonds is 3. The molecule has 2 aromatic carbocycles. The monoisotopic (exact) mass is 397 g/mol. The van der Waals surface area contributed by atoms with Crippen LogP contribution in [0, 0.1) is 6.92 Å². The third-order valence-corrected chi connectivity index (χ3v) is 6.39. The summed E-state index contributed by atoms with van der Waals surface area (Å²) in [5.74, 6) is 0. The lowest BCUT2D eigenvalue weighted by atomic mass is 9.74. The molecule has 4 nitrogen and oxygen atoms in total. The van der Waals surface area contributed by atoms with Crippen LogP contribution in [-0.2, 0) is 12.0 Å². The van der Waals surface area contributed by atoms with Gasteiger partial charge < -0.3 is 5.32 Å². The van der Waals surface area contributed by atoms with E-state index in [-0.39, 0.29) is 11.4 Å². The van der Waals surface area contributed by atoms with E-state index in [0.29, 0.717) is 6.54 Å². The lowest BCUT2D eigenvalue weighted by Gasteiger charge is -2.40. The van der Waals surface area contributed by atoms with Gasteiger partial charge >= 0.3 is 6.03 Å². The van der Waals surface area contributed by atoms with Crippen molar-refractivity contribution in [3.63, 3.8) is 0 Å². The standard InChI is InChI=1S/C23H28ClN3O/c1-3-25-22(28)27-16-23(20-13-17(2)7-8-21(20)27)9-11-26(12-10-23)15-18-5-4-6-19(24)14-18/h4-8,13-14H,3,9-12,15-16H2,1-2H3,(H,25,28). The van der Waals surface area contributed by atoms with E-state index in [4.69, 9.17) is 11.6 Å². The molecule has 2 aromatic rings. The van der Waals surface area contributed by atoms with E-state index in [9.17, 15) is 4.79 Å². The van der Waals surface area contributed by atoms with Crippen LogP contribution in [0.3, 0.4) is 0 Å². The Morgan fingerprint density at radius 2 is 1.96 bits per heavy atom. The molecule has 1 N–H and O–H groups in total. The van der Waals surface area contributed by atoms with Crippen LogP contribution in [0.2, 0.25) is 5.02 Å². The minimum atomic E-state index is 0.0193. The minimum absolute atomic E-state index is 0.0193. The van der Waals surface area contributed by atoms with Crippen LogP contribution in [0.5, 0.6) is 0 Å². The van der Waals surface area contributed by atoms with Crippen molar-refractivity contribution < 1.29 is 4.79 Å². The summed E-state index contributed by atoms with van der Waals surface area (Å²) in [6, 6.07) is 14.7. The fourth-order valence-electron chi connectivity index (χ4n) is 4.67. The summed E-state index contributed by atoms with van der Waals surface area (Å²) in [5.41, 5.74) is 5.02. The van der Waals surface area contributed by atoms with Gasteiger partial charge in [0.15, 0.2) is 0 Å². The molecule has 0 saturated carbocycles. The number of nitrogens with zero attached hydrogens (tertiary/aromatic N) is 2. The first-order valence-corrected chi connectivity index (χ1v) is 10.5. The third kappa shape index (κ3) is 3.63. The van der Waals surface area contributed by atoms with E-state index in [1.54, 1.807) is 0 Å². The van der Waals surface area contributed by atoms with Crippen LogP contribution < -0.4 is 10.2 Å². The highest BCUT2D eigenvalue weighted by Gasteiger charge is 2.46. The first-order valence-electron chi connectivity index (χ1n) is 10.1. The van der Waals surface area contributed by atoms with Crippen molar-refractivity contribution in [3.8, 4) is 0 Å². The van der Waals surface area contributed by atoms with Crippen molar-refractivity contribution in [1.29, 1.82) is 0 Å². The number of nitrogens with one attached hydrogen (secondary N) is 1. The van der Waals surface area contributed by atoms with Gasteiger partial charge in [0, 0.05) is 35.8 Å². The average molecular weight is 398 g/mol. The third-order valence-electron chi connectivity index (χ3n) is 6.16. The maximum atomic E-state index is 12.6. The van der Waals surface area contributed by atoms with Crippen molar-refractivity contribution >= 4 is 23.3 Å². The van der Waals surface area contributed by atoms with E-state index in [0.717, 1.165) is 49.7 Å². The summed E-state index contributed by atoms with van der Waals surface area (Å²) >= 11 is 6.14. The maximum Gasteiger partial charge on any atom is 0.321 e. The van der Waals surface area contributed by atoms with E-state index < -0.39 is 0 Å². The summed E-state index contributed by atoms with van der Waals surface area (Å²) in [6.45, 7) is 8.52. The Labute approximate surface area is 172 Å². The van der Waals surface area contributed by atoms with Gasteiger partial charge in [-0.25, -0.2) is 4.79 Å². The number of halogens is 1. The molecule has 2 amide bonds. The molecule has 2 heterocycles. The maximum absolute atomic E-state index is 12.6. The molecule has 5 heteroatoms. The van der Waals surface area contributed by atoms with Crippen molar-refractivity contribution in [2.24, 2.45) is 0 Å². The van der Waals surface area contributed by atoms with Crippen LogP contribution in [0.4, 0.5) is 10.5 Å². The van der Waals surface area contributed by atoms with E-state index in [2.05, 4.69) is 47.5 Å². The van der Waals surface area contributed by atoms with Crippen molar-refractivity contribution in [1.82, 2.24) is 10.2 Å². The Kier molecular flexibility index (Phi) is 5.35. The number of fused-ring (bicyclic) bond motifs is 2. The second kappa shape index (κ2) is 7.76. The van der Waals surface area contributed by atoms with Gasteiger partial charge in [-0.2, -0.15) is 0 Å². The van der Waals surface area contributed by atoms with E-state index in [1.165, 1.54) is 16.7 Å². The molecular formula is C23H28ClN3O. The lowest BCUT2D eigenvalue weighted by Crippen LogP contribution is -2.47. The predicted molar refractivity (Wildman–Crippen MR) is 115 cm³/mol. The summed E-state index contributed by atoms with van der Waals surface area (Å²) in [5, 5.41) is 3.77. The lowest BCUT2D eigenvalue weighted by molar-refractivity contribution is 0.159. The second-order valence-electron chi connectivity index (χ2n) is 8.13. The molecule has 2 aliphatic rings. The van der Waals surface area contributed by atoms with Crippen LogP contribution in [0.15, 0.2) is 42.5 Å². The van der Waals surface area contributed by atoms with Crippen molar-refractivity contribution in [3.05, 3.63) is 64.2 Å². The molecule has 0 bridgehead atoms. The molecular weight excluding hydrogens is 370 g/mol. The molecule has 2 aliphatic heterocycles. The molecule has 148 valence electrons. The molecule has 1 spiro atoms. The molecule has 0 radical (unpaired) electrons. The Morgan fingerprint density at radius 3 is 2.68 bits per heavy atom. The molecule has 1 saturated heterocycles. The van der Waals surface area contributed by atoms with Gasteiger partial charge in [0.1, 0.15) is 0 Å². The Hall–Kier alpha value is -2.04. The van der Waals surface area contributed by atoms with Gasteiger partial charge in [-0.15, -0.1) is 0 Å². The van der Waals surface area contributed by atoms with Crippen LogP contribution >= 0.6 is 11.6 Å². The quantitative estimate of drug-likeness (QED) is 0.812.